The number of ether oxygens (including phenoxy) is 2. The number of aromatic nitrogens is 5. The third-order valence-electron chi connectivity index (χ3n) is 8.50. The second-order valence-electron chi connectivity index (χ2n) is 11.7. The molecule has 2 aromatic carbocycles. The molecule has 0 fully saturated rings. The van der Waals surface area contributed by atoms with Gasteiger partial charge in [-0.15, -0.1) is 0 Å². The number of carbonyl (C=O) groups is 1. The molecule has 0 atom stereocenters. The van der Waals surface area contributed by atoms with Crippen LogP contribution in [0.2, 0.25) is 0 Å². The number of allylic oxidation sites excluding steroid dienone is 1. The molecule has 0 spiro atoms. The van der Waals surface area contributed by atoms with Crippen LogP contribution >= 0.6 is 0 Å². The first-order valence-corrected chi connectivity index (χ1v) is 15.5. The largest absolute Gasteiger partial charge is 0.481 e. The predicted octanol–water partition coefficient (Wildman–Crippen LogP) is 8.04. The Bertz CT molecular complexity index is 2620. The Morgan fingerprint density at radius 1 is 0.673 bits per heavy atom. The monoisotopic (exact) mass is 717 g/mol. The molecule has 5 heterocycles. The molecule has 0 aliphatic heterocycles. The summed E-state index contributed by atoms with van der Waals surface area (Å²) in [6.07, 6.45) is -5.65. The summed E-state index contributed by atoms with van der Waals surface area (Å²) in [4.78, 5) is 25.9. The maximum absolute atomic E-state index is 13.1. The number of benzene rings is 2. The fourth-order valence-corrected chi connectivity index (χ4v) is 6.10. The van der Waals surface area contributed by atoms with Gasteiger partial charge in [-0.25, -0.2) is 0 Å². The number of methoxy groups -OCH3 is 2. The number of halogens is 6. The minimum Gasteiger partial charge on any atom is -0.481 e. The van der Waals surface area contributed by atoms with Gasteiger partial charge in [-0.2, -0.15) is 45.6 Å². The smallest absolute Gasteiger partial charge is 0.435 e. The lowest BCUT2D eigenvalue weighted by Gasteiger charge is -2.16. The lowest BCUT2D eigenvalue weighted by molar-refractivity contribution is -0.142. The first-order valence-electron chi connectivity index (χ1n) is 15.5. The summed E-state index contributed by atoms with van der Waals surface area (Å²) in [6, 6.07) is 22.3. The summed E-state index contributed by atoms with van der Waals surface area (Å²) in [5.74, 6) is 0.390. The normalized spacial score (nSPS) is 13.0. The SMILES string of the molecule is COc1ccc(-c2ccc3ccc(=O)[nH]c3c2)c2cc(C(F)(F)F)nn12.COc1ccc(-c2cccc3c2C=CC(=O)C3)c2cc(C(F)(F)F)nn12. The average molecular weight is 718 g/mol. The van der Waals surface area contributed by atoms with Crippen LogP contribution < -0.4 is 15.0 Å². The Morgan fingerprint density at radius 3 is 1.88 bits per heavy atom. The van der Waals surface area contributed by atoms with Crippen molar-refractivity contribution in [2.45, 2.75) is 18.8 Å². The highest BCUT2D eigenvalue weighted by Gasteiger charge is 2.36. The maximum Gasteiger partial charge on any atom is 0.435 e. The van der Waals surface area contributed by atoms with E-state index in [1.54, 1.807) is 60.7 Å². The molecule has 0 bridgehead atoms. The van der Waals surface area contributed by atoms with Crippen LogP contribution in [0.1, 0.15) is 22.5 Å². The van der Waals surface area contributed by atoms with Crippen LogP contribution in [0.3, 0.4) is 0 Å². The van der Waals surface area contributed by atoms with Gasteiger partial charge in [0.05, 0.1) is 25.3 Å². The molecule has 52 heavy (non-hydrogen) atoms. The van der Waals surface area contributed by atoms with Crippen molar-refractivity contribution in [2.75, 3.05) is 14.2 Å². The molecule has 5 aromatic heterocycles. The Labute approximate surface area is 289 Å². The third kappa shape index (κ3) is 6.25. The highest BCUT2D eigenvalue weighted by atomic mass is 19.4. The van der Waals surface area contributed by atoms with Gasteiger partial charge in [0, 0.05) is 41.3 Å². The molecular formula is C37H25F6N5O4. The number of carbonyl (C=O) groups excluding carboxylic acids is 1. The van der Waals surface area contributed by atoms with Crippen molar-refractivity contribution in [2.24, 2.45) is 0 Å². The maximum atomic E-state index is 13.1. The lowest BCUT2D eigenvalue weighted by Crippen LogP contribution is -2.07. The standard InChI is InChI=1S/C19H13F3N2O2.C18H12F3N3O2/c1-26-18-8-7-15(16-10-17(19(20,21)22)23-24(16)18)14-4-2-3-11-9-12(25)5-6-13(11)14;1-26-17-7-5-12(14-9-15(18(19,20)21)23-24(14)17)11-3-2-10-4-6-16(25)22-13(10)8-11/h2-8,10H,9H2,1H3;2-9H,1H3,(H,22,25). The molecular weight excluding hydrogens is 692 g/mol. The van der Waals surface area contributed by atoms with Gasteiger partial charge in [-0.1, -0.05) is 36.4 Å². The molecule has 1 aliphatic rings. The van der Waals surface area contributed by atoms with Gasteiger partial charge in [-0.3, -0.25) is 9.59 Å². The number of fused-ring (bicyclic) bond motifs is 4. The van der Waals surface area contributed by atoms with Crippen LogP contribution in [0, 0.1) is 0 Å². The van der Waals surface area contributed by atoms with Crippen molar-refractivity contribution in [3.63, 3.8) is 0 Å². The van der Waals surface area contributed by atoms with Crippen LogP contribution in [0.15, 0.2) is 95.8 Å². The number of nitrogens with zero attached hydrogens (tertiary/aromatic N) is 4. The average Bonchev–Trinajstić information content (AvgIpc) is 3.77. The van der Waals surface area contributed by atoms with Gasteiger partial charge in [0.2, 0.25) is 17.3 Å². The fourth-order valence-electron chi connectivity index (χ4n) is 6.10. The Balaban J connectivity index is 0.000000162. The zero-order valence-corrected chi connectivity index (χ0v) is 27.1. The highest BCUT2D eigenvalue weighted by molar-refractivity contribution is 6.01. The molecule has 0 saturated carbocycles. The second-order valence-corrected chi connectivity index (χ2v) is 11.7. The number of pyridine rings is 3. The number of ketones is 1. The van der Waals surface area contributed by atoms with Gasteiger partial charge < -0.3 is 14.5 Å². The summed E-state index contributed by atoms with van der Waals surface area (Å²) in [5, 5.41) is 8.11. The quantitative estimate of drug-likeness (QED) is 0.185. The number of hydrogen-bond donors (Lipinski definition) is 1. The summed E-state index contributed by atoms with van der Waals surface area (Å²) < 4.78 is 91.2. The van der Waals surface area contributed by atoms with E-state index < -0.39 is 23.7 Å². The van der Waals surface area contributed by atoms with E-state index in [2.05, 4.69) is 15.2 Å². The number of hydrogen-bond acceptors (Lipinski definition) is 6. The van der Waals surface area contributed by atoms with Gasteiger partial charge in [-0.05, 0) is 70.1 Å². The molecule has 9 nitrogen and oxygen atoms in total. The van der Waals surface area contributed by atoms with Gasteiger partial charge in [0.1, 0.15) is 0 Å². The molecule has 0 saturated heterocycles. The van der Waals surface area contributed by atoms with Crippen molar-refractivity contribution < 1.29 is 40.6 Å². The number of alkyl halides is 6. The lowest BCUT2D eigenvalue weighted by atomic mass is 9.89. The molecule has 0 amide bonds. The van der Waals surface area contributed by atoms with Crippen LogP contribution in [0.25, 0.3) is 50.3 Å². The van der Waals surface area contributed by atoms with E-state index in [1.807, 2.05) is 12.1 Å². The topological polar surface area (TPSA) is 103 Å². The van der Waals surface area contributed by atoms with Gasteiger partial charge >= 0.3 is 12.4 Å². The van der Waals surface area contributed by atoms with E-state index in [-0.39, 0.29) is 40.6 Å². The van der Waals surface area contributed by atoms with Crippen LogP contribution in [0.5, 0.6) is 11.8 Å². The van der Waals surface area contributed by atoms with Crippen molar-refractivity contribution in [3.8, 4) is 34.0 Å². The zero-order valence-electron chi connectivity index (χ0n) is 27.1. The van der Waals surface area contributed by atoms with Crippen molar-refractivity contribution in [1.82, 2.24) is 24.2 Å². The molecule has 264 valence electrons. The van der Waals surface area contributed by atoms with E-state index in [0.29, 0.717) is 22.2 Å². The summed E-state index contributed by atoms with van der Waals surface area (Å²) in [7, 11) is 2.74. The van der Waals surface area contributed by atoms with E-state index in [0.717, 1.165) is 43.2 Å². The Hall–Kier alpha value is -6.38. The van der Waals surface area contributed by atoms with Crippen LogP contribution in [-0.2, 0) is 23.6 Å². The van der Waals surface area contributed by atoms with Crippen molar-refractivity contribution in [1.29, 1.82) is 0 Å². The van der Waals surface area contributed by atoms with E-state index in [9.17, 15) is 35.9 Å². The van der Waals surface area contributed by atoms with Gasteiger partial charge in [0.15, 0.2) is 17.2 Å². The molecule has 0 radical (unpaired) electrons. The first kappa shape index (κ1) is 34.1. The van der Waals surface area contributed by atoms with Crippen molar-refractivity contribution >= 4 is 33.8 Å². The van der Waals surface area contributed by atoms with Gasteiger partial charge in [0.25, 0.3) is 0 Å². The predicted molar refractivity (Wildman–Crippen MR) is 180 cm³/mol. The molecule has 8 rings (SSSR count). The Morgan fingerprint density at radius 2 is 1.27 bits per heavy atom. The molecule has 1 aliphatic carbocycles. The van der Waals surface area contributed by atoms with E-state index >= 15 is 0 Å². The first-order chi connectivity index (χ1) is 24.7. The van der Waals surface area contributed by atoms with Crippen molar-refractivity contribution in [3.05, 3.63) is 124 Å². The number of rotatable bonds is 4. The summed E-state index contributed by atoms with van der Waals surface area (Å²) in [5.41, 5.74) is 3.10. The summed E-state index contributed by atoms with van der Waals surface area (Å²) >= 11 is 0. The molecule has 1 N–H and O–H groups in total. The second kappa shape index (κ2) is 12.7. The van der Waals surface area contributed by atoms with E-state index in [1.165, 1.54) is 26.4 Å². The fraction of sp³-hybridized carbons (Fsp3) is 0.135. The zero-order chi connectivity index (χ0) is 36.9. The number of nitrogens with one attached hydrogen (secondary N) is 1. The third-order valence-corrected chi connectivity index (χ3v) is 8.50. The Kier molecular flexibility index (Phi) is 8.35. The molecule has 7 aromatic rings. The number of H-pyrrole nitrogens is 1. The molecule has 15 heteroatoms. The van der Waals surface area contributed by atoms with E-state index in [4.69, 9.17) is 9.47 Å². The summed E-state index contributed by atoms with van der Waals surface area (Å²) in [6.45, 7) is 0. The minimum atomic E-state index is -4.57. The number of aromatic amines is 1. The molecule has 0 unspecified atom stereocenters. The van der Waals surface area contributed by atoms with Crippen LogP contribution in [0.4, 0.5) is 26.3 Å². The minimum absolute atomic E-state index is 0.00163. The van der Waals surface area contributed by atoms with Crippen LogP contribution in [-0.4, -0.2) is 44.2 Å². The highest BCUT2D eigenvalue weighted by Crippen LogP contribution is 2.38.